The first-order valence-corrected chi connectivity index (χ1v) is 5.22. The predicted octanol–water partition coefficient (Wildman–Crippen LogP) is 0.645. The van der Waals surface area contributed by atoms with Gasteiger partial charge in [0.1, 0.15) is 0 Å². The maximum Gasteiger partial charge on any atom is 0.253 e. The number of nitrogens with zero attached hydrogens (tertiary/aromatic N) is 2. The van der Waals surface area contributed by atoms with Crippen molar-refractivity contribution in [3.63, 3.8) is 0 Å². The van der Waals surface area contributed by atoms with Crippen molar-refractivity contribution in [2.24, 2.45) is 5.73 Å². The molecule has 2 rings (SSSR count). The molecule has 4 heteroatoms. The molecule has 0 saturated carbocycles. The molecule has 0 aliphatic carbocycles. The Kier molecular flexibility index (Phi) is 2.97. The number of pyridine rings is 1. The van der Waals surface area contributed by atoms with Gasteiger partial charge in [-0.3, -0.25) is 9.78 Å². The predicted molar refractivity (Wildman–Crippen MR) is 57.3 cm³/mol. The van der Waals surface area contributed by atoms with Crippen molar-refractivity contribution < 1.29 is 4.79 Å². The van der Waals surface area contributed by atoms with E-state index in [1.165, 1.54) is 0 Å². The Morgan fingerprint density at radius 3 is 2.53 bits per heavy atom. The topological polar surface area (TPSA) is 59.2 Å². The molecule has 0 bridgehead atoms. The minimum atomic E-state index is 0.0873. The molecular formula is C11H15N3O. The van der Waals surface area contributed by atoms with E-state index in [9.17, 15) is 4.79 Å². The van der Waals surface area contributed by atoms with Crippen LogP contribution in [0.3, 0.4) is 0 Å². The zero-order chi connectivity index (χ0) is 10.7. The first kappa shape index (κ1) is 10.1. The maximum absolute atomic E-state index is 12.0. The van der Waals surface area contributed by atoms with Gasteiger partial charge in [-0.1, -0.05) is 0 Å². The number of likely N-dealkylation sites (tertiary alicyclic amines) is 1. The largest absolute Gasteiger partial charge is 0.339 e. The summed E-state index contributed by atoms with van der Waals surface area (Å²) in [7, 11) is 0. The molecule has 80 valence electrons. The van der Waals surface area contributed by atoms with Crippen LogP contribution in [-0.2, 0) is 0 Å². The van der Waals surface area contributed by atoms with E-state index in [0.717, 1.165) is 25.9 Å². The fourth-order valence-electron chi connectivity index (χ4n) is 1.78. The van der Waals surface area contributed by atoms with Crippen molar-refractivity contribution in [1.29, 1.82) is 0 Å². The van der Waals surface area contributed by atoms with Gasteiger partial charge in [-0.2, -0.15) is 0 Å². The standard InChI is InChI=1S/C11H15N3O/c12-10-3-7-14(8-4-10)11(15)9-1-5-13-6-2-9/h1-2,5-6,10H,3-4,7-8,12H2. The zero-order valence-electron chi connectivity index (χ0n) is 8.60. The smallest absolute Gasteiger partial charge is 0.253 e. The second-order valence-corrected chi connectivity index (χ2v) is 3.87. The van der Waals surface area contributed by atoms with Gasteiger partial charge in [-0.05, 0) is 25.0 Å². The molecule has 1 aliphatic rings. The van der Waals surface area contributed by atoms with E-state index in [4.69, 9.17) is 5.73 Å². The minimum absolute atomic E-state index is 0.0873. The zero-order valence-corrected chi connectivity index (χ0v) is 8.60. The number of piperidine rings is 1. The van der Waals surface area contributed by atoms with Crippen LogP contribution in [0.15, 0.2) is 24.5 Å². The highest BCUT2D eigenvalue weighted by molar-refractivity contribution is 5.94. The normalized spacial score (nSPS) is 17.8. The number of carbonyl (C=O) groups excluding carboxylic acids is 1. The van der Waals surface area contributed by atoms with Gasteiger partial charge < -0.3 is 10.6 Å². The first-order chi connectivity index (χ1) is 7.27. The van der Waals surface area contributed by atoms with E-state index in [1.54, 1.807) is 24.5 Å². The third kappa shape index (κ3) is 2.33. The van der Waals surface area contributed by atoms with Gasteiger partial charge in [-0.15, -0.1) is 0 Å². The van der Waals surface area contributed by atoms with Gasteiger partial charge in [0.15, 0.2) is 0 Å². The van der Waals surface area contributed by atoms with Crippen molar-refractivity contribution in [2.45, 2.75) is 18.9 Å². The molecule has 4 nitrogen and oxygen atoms in total. The lowest BCUT2D eigenvalue weighted by Crippen LogP contribution is -2.42. The Balaban J connectivity index is 2.03. The molecule has 0 atom stereocenters. The van der Waals surface area contributed by atoms with Crippen LogP contribution in [0, 0.1) is 0 Å². The highest BCUT2D eigenvalue weighted by Gasteiger charge is 2.21. The Hall–Kier alpha value is -1.42. The number of nitrogens with two attached hydrogens (primary N) is 1. The highest BCUT2D eigenvalue weighted by atomic mass is 16.2. The van der Waals surface area contributed by atoms with E-state index < -0.39 is 0 Å². The molecule has 1 amide bonds. The SMILES string of the molecule is NC1CCN(C(=O)c2ccncc2)CC1. The summed E-state index contributed by atoms with van der Waals surface area (Å²) in [5, 5.41) is 0. The van der Waals surface area contributed by atoms with Crippen LogP contribution in [0.5, 0.6) is 0 Å². The Morgan fingerprint density at radius 2 is 1.93 bits per heavy atom. The van der Waals surface area contributed by atoms with Crippen LogP contribution in [0.1, 0.15) is 23.2 Å². The molecular weight excluding hydrogens is 190 g/mol. The average Bonchev–Trinajstić information content (AvgIpc) is 2.30. The summed E-state index contributed by atoms with van der Waals surface area (Å²) in [6.07, 6.45) is 5.08. The van der Waals surface area contributed by atoms with Crippen molar-refractivity contribution in [2.75, 3.05) is 13.1 Å². The summed E-state index contributed by atoms with van der Waals surface area (Å²) in [4.78, 5) is 17.7. The second-order valence-electron chi connectivity index (χ2n) is 3.87. The first-order valence-electron chi connectivity index (χ1n) is 5.22. The van der Waals surface area contributed by atoms with E-state index in [1.807, 2.05) is 4.90 Å². The van der Waals surface area contributed by atoms with Crippen LogP contribution in [-0.4, -0.2) is 34.9 Å². The van der Waals surface area contributed by atoms with Gasteiger partial charge >= 0.3 is 0 Å². The lowest BCUT2D eigenvalue weighted by atomic mass is 10.1. The lowest BCUT2D eigenvalue weighted by molar-refractivity contribution is 0.0714. The van der Waals surface area contributed by atoms with Gasteiger partial charge in [0.25, 0.3) is 5.91 Å². The number of hydrogen-bond acceptors (Lipinski definition) is 3. The maximum atomic E-state index is 12.0. The molecule has 1 aliphatic heterocycles. The summed E-state index contributed by atoms with van der Waals surface area (Å²) in [5.74, 6) is 0.0873. The van der Waals surface area contributed by atoms with Crippen LogP contribution < -0.4 is 5.73 Å². The van der Waals surface area contributed by atoms with E-state index in [0.29, 0.717) is 5.56 Å². The van der Waals surface area contributed by atoms with Crippen molar-refractivity contribution >= 4 is 5.91 Å². The van der Waals surface area contributed by atoms with Gasteiger partial charge in [0.05, 0.1) is 0 Å². The molecule has 1 fully saturated rings. The minimum Gasteiger partial charge on any atom is -0.339 e. The molecule has 0 spiro atoms. The molecule has 1 aromatic heterocycles. The van der Waals surface area contributed by atoms with E-state index in [2.05, 4.69) is 4.98 Å². The quantitative estimate of drug-likeness (QED) is 0.732. The number of rotatable bonds is 1. The Morgan fingerprint density at radius 1 is 1.33 bits per heavy atom. The van der Waals surface area contributed by atoms with Crippen LogP contribution in [0.2, 0.25) is 0 Å². The number of amides is 1. The van der Waals surface area contributed by atoms with Crippen molar-refractivity contribution in [3.8, 4) is 0 Å². The fourth-order valence-corrected chi connectivity index (χ4v) is 1.78. The van der Waals surface area contributed by atoms with Crippen LogP contribution in [0.25, 0.3) is 0 Å². The fraction of sp³-hybridized carbons (Fsp3) is 0.455. The van der Waals surface area contributed by atoms with Gasteiger partial charge in [0, 0.05) is 37.1 Å². The Labute approximate surface area is 89.1 Å². The monoisotopic (exact) mass is 205 g/mol. The third-order valence-electron chi connectivity index (χ3n) is 2.75. The summed E-state index contributed by atoms with van der Waals surface area (Å²) < 4.78 is 0. The summed E-state index contributed by atoms with van der Waals surface area (Å²) >= 11 is 0. The van der Waals surface area contributed by atoms with Crippen molar-refractivity contribution in [3.05, 3.63) is 30.1 Å². The third-order valence-corrected chi connectivity index (χ3v) is 2.75. The van der Waals surface area contributed by atoms with Gasteiger partial charge in [0.2, 0.25) is 0 Å². The summed E-state index contributed by atoms with van der Waals surface area (Å²) in [5.41, 5.74) is 6.50. The van der Waals surface area contributed by atoms with Gasteiger partial charge in [-0.25, -0.2) is 0 Å². The summed E-state index contributed by atoms with van der Waals surface area (Å²) in [6.45, 7) is 1.53. The number of carbonyl (C=O) groups is 1. The number of hydrogen-bond donors (Lipinski definition) is 1. The highest BCUT2D eigenvalue weighted by Crippen LogP contribution is 2.11. The molecule has 2 heterocycles. The molecule has 0 radical (unpaired) electrons. The van der Waals surface area contributed by atoms with Crippen LogP contribution >= 0.6 is 0 Å². The summed E-state index contributed by atoms with van der Waals surface area (Å²) in [6, 6.07) is 3.75. The number of aromatic nitrogens is 1. The van der Waals surface area contributed by atoms with Crippen LogP contribution in [0.4, 0.5) is 0 Å². The molecule has 2 N–H and O–H groups in total. The lowest BCUT2D eigenvalue weighted by Gasteiger charge is -2.30. The molecule has 0 unspecified atom stereocenters. The average molecular weight is 205 g/mol. The molecule has 0 aromatic carbocycles. The second kappa shape index (κ2) is 4.40. The Bertz CT molecular complexity index is 331. The molecule has 15 heavy (non-hydrogen) atoms. The van der Waals surface area contributed by atoms with E-state index in [-0.39, 0.29) is 11.9 Å². The van der Waals surface area contributed by atoms with Crippen molar-refractivity contribution in [1.82, 2.24) is 9.88 Å². The van der Waals surface area contributed by atoms with E-state index >= 15 is 0 Å². The molecule has 1 aromatic rings. The molecule has 1 saturated heterocycles.